The van der Waals surface area contributed by atoms with E-state index in [0.717, 1.165) is 28.7 Å². The van der Waals surface area contributed by atoms with Gasteiger partial charge in [0.05, 0.1) is 73.0 Å². The molecule has 4 aromatic heterocycles. The number of carbonyl (C=O) groups excluding carboxylic acids is 6. The number of aliphatic carboxylic acids is 2. The third kappa shape index (κ3) is 23.0. The summed E-state index contributed by atoms with van der Waals surface area (Å²) in [6.07, 6.45) is 9.24. The summed E-state index contributed by atoms with van der Waals surface area (Å²) < 4.78 is 92.5. The first kappa shape index (κ1) is 98.7. The number of aromatic nitrogens is 4. The molecule has 0 bridgehead atoms. The first-order chi connectivity index (χ1) is 62.5. The summed E-state index contributed by atoms with van der Waals surface area (Å²) in [6.45, 7) is 22.1. The van der Waals surface area contributed by atoms with Crippen molar-refractivity contribution in [3.63, 3.8) is 0 Å². The van der Waals surface area contributed by atoms with Crippen molar-refractivity contribution < 1.29 is 93.8 Å². The number of hydrogen-bond acceptors (Lipinski definition) is 26. The van der Waals surface area contributed by atoms with Gasteiger partial charge in [-0.05, 0) is 135 Å². The molecule has 3 aromatic carbocycles. The molecule has 4 fully saturated rings. The van der Waals surface area contributed by atoms with Gasteiger partial charge >= 0.3 is 24.1 Å². The van der Waals surface area contributed by atoms with E-state index in [0.29, 0.717) is 113 Å². The van der Waals surface area contributed by atoms with Crippen LogP contribution in [0.2, 0.25) is 0 Å². The van der Waals surface area contributed by atoms with Crippen LogP contribution < -0.4 is 50.8 Å². The van der Waals surface area contributed by atoms with Gasteiger partial charge in [0.25, 0.3) is 0 Å². The second kappa shape index (κ2) is 41.0. The molecule has 6 amide bonds. The maximum Gasteiger partial charge on any atom is 0.408 e. The van der Waals surface area contributed by atoms with Gasteiger partial charge in [-0.25, -0.2) is 60.3 Å². The Morgan fingerprint density at radius 3 is 1.48 bits per heavy atom. The Kier molecular flexibility index (Phi) is 30.6. The van der Waals surface area contributed by atoms with E-state index in [4.69, 9.17) is 48.4 Å². The molecule has 0 radical (unpaired) electrons. The van der Waals surface area contributed by atoms with E-state index in [1.165, 1.54) is 48.1 Å². The van der Waals surface area contributed by atoms with Crippen molar-refractivity contribution in [1.82, 2.24) is 59.6 Å². The lowest BCUT2D eigenvalue weighted by atomic mass is 9.89. The number of hydrogen-bond donors (Lipinski definition) is 8. The molecule has 0 spiro atoms. The van der Waals surface area contributed by atoms with Crippen LogP contribution in [0.4, 0.5) is 19.9 Å². The van der Waals surface area contributed by atoms with E-state index in [1.54, 1.807) is 88.7 Å². The van der Waals surface area contributed by atoms with Crippen molar-refractivity contribution in [3.8, 4) is 45.8 Å². The molecule has 2 unspecified atom stereocenters. The number of amides is 6. The molecule has 132 heavy (non-hydrogen) atoms. The average molecular weight is 1900 g/mol. The lowest BCUT2D eigenvalue weighted by Gasteiger charge is -2.36. The molecule has 14 rings (SSSR count). The molecule has 7 aliphatic rings. The lowest BCUT2D eigenvalue weighted by molar-refractivity contribution is -0.146. The predicted molar refractivity (Wildman–Crippen MR) is 502 cm³/mol. The molecule has 34 nitrogen and oxygen atoms in total. The summed E-state index contributed by atoms with van der Waals surface area (Å²) in [5, 5.41) is 44.5. The van der Waals surface area contributed by atoms with Crippen LogP contribution in [-0.4, -0.2) is 244 Å². The van der Waals surface area contributed by atoms with Gasteiger partial charge < -0.3 is 80.3 Å². The van der Waals surface area contributed by atoms with E-state index in [2.05, 4.69) is 31.9 Å². The van der Waals surface area contributed by atoms with Crippen LogP contribution >= 0.6 is 22.7 Å². The minimum Gasteiger partial charge on any atom is -0.497 e. The number of nitrogens with one attached hydrogen (secondary N) is 6. The standard InChI is InChI=1S/C49H61N7O10S2.C45H63N7O10S2/c1-29(2)50-46-52-38(28-67-46)37-24-40(34-19-18-32(64-6)22-36(34)51-37)65-33-23-39-43(57)54-49(45(59)60)25-31(49)15-10-8-7-9-11-16-35(44(58)56(39)26-33)53-47(61)66-42(48(3,4)5)27-55-21-20-30-14-12-13-17-41(30)68(55,62)63;1-26(2)46-42-48-35(25-63-42)34-21-37(31-18-17-29(60-9)19-33(31)47-34)61-30-20-36-39(53)50-45(41(55)56)22-28(45)15-13-11-10-12-14-16-32(40(54)52(36)23-30)49-43(57)62-38(44(5,6)7)24-51(8)64(58,59)27(3)4/h10,12-15,17-19,22,24,28-29,31,33,35,39,42H,7-9,11,16,20-21,23,25-27H2,1-6H3,(H,50,52)(H,53,61)(H,54,57)(H,59,60);13,15,17-19,21,25-28,30,32,36,38H,10-12,14,16,20,22-24H2,1-9H3,(H,46,48)(H,49,57)(H,50,53)(H,55,56)/b15-10-;15-13-/t31?,33-,35+,39+,42-,49-;28?,30-,32+,36+,38-,45-/m11/s1. The van der Waals surface area contributed by atoms with Crippen LogP contribution in [0.3, 0.4) is 0 Å². The highest BCUT2D eigenvalue weighted by Gasteiger charge is 2.63. The molecular formula is C94H124N14O20S4. The number of alkyl carbamates (subject to hydrolysis) is 2. The topological polar surface area (TPSA) is 437 Å². The summed E-state index contributed by atoms with van der Waals surface area (Å²) in [6, 6.07) is 16.9. The van der Waals surface area contributed by atoms with Gasteiger partial charge in [-0.15, -0.1) is 22.7 Å². The number of pyridine rings is 2. The van der Waals surface area contributed by atoms with Crippen LogP contribution in [-0.2, 0) is 64.7 Å². The number of nitrogens with zero attached hydrogens (tertiary/aromatic N) is 8. The van der Waals surface area contributed by atoms with Crippen molar-refractivity contribution in [2.24, 2.45) is 22.7 Å². The molecule has 12 atom stereocenters. The van der Waals surface area contributed by atoms with Crippen molar-refractivity contribution in [3.05, 3.63) is 113 Å². The van der Waals surface area contributed by atoms with Gasteiger partial charge in [-0.3, -0.25) is 19.2 Å². The Morgan fingerprint density at radius 1 is 0.606 bits per heavy atom. The summed E-state index contributed by atoms with van der Waals surface area (Å²) in [4.78, 5) is 134. The number of fused-ring (bicyclic) bond motifs is 7. The molecule has 2 aliphatic carbocycles. The van der Waals surface area contributed by atoms with Crippen molar-refractivity contribution in [2.45, 2.75) is 261 Å². The summed E-state index contributed by atoms with van der Waals surface area (Å²) in [5.41, 5.74) is -0.270. The Hall–Kier alpha value is -10.8. The number of thiazole rings is 2. The first-order valence-corrected chi connectivity index (χ1v) is 50.0. The lowest BCUT2D eigenvalue weighted by Crippen LogP contribution is -2.57. The molecule has 9 heterocycles. The fraction of sp³-hybridized carbons (Fsp3) is 0.553. The van der Waals surface area contributed by atoms with Crippen molar-refractivity contribution in [1.29, 1.82) is 0 Å². The number of anilines is 2. The third-order valence-corrected chi connectivity index (χ3v) is 30.9. The number of benzene rings is 3. The smallest absolute Gasteiger partial charge is 0.408 e. The van der Waals surface area contributed by atoms with Crippen LogP contribution in [0.25, 0.3) is 44.6 Å². The highest BCUT2D eigenvalue weighted by atomic mass is 32.2. The summed E-state index contributed by atoms with van der Waals surface area (Å²) in [5.74, 6) is -3.53. The van der Waals surface area contributed by atoms with Crippen molar-refractivity contribution in [2.75, 3.05) is 64.6 Å². The largest absolute Gasteiger partial charge is 0.497 e. The second-order valence-electron chi connectivity index (χ2n) is 38.2. The van der Waals surface area contributed by atoms with E-state index >= 15 is 4.79 Å². The molecule has 5 aliphatic heterocycles. The molecule has 8 N–H and O–H groups in total. The zero-order valence-corrected chi connectivity index (χ0v) is 80.8. The molecule has 2 saturated heterocycles. The highest BCUT2D eigenvalue weighted by molar-refractivity contribution is 7.89. The average Bonchev–Trinajstić information content (AvgIpc) is 1.58. The van der Waals surface area contributed by atoms with Gasteiger partial charge in [-0.1, -0.05) is 110 Å². The number of rotatable bonds is 24. The first-order valence-electron chi connectivity index (χ1n) is 45.3. The zero-order valence-electron chi connectivity index (χ0n) is 77.5. The normalized spacial score (nSPS) is 24.7. The Labute approximate surface area is 779 Å². The maximum absolute atomic E-state index is 15.0. The number of likely N-dealkylation sites (N-methyl/N-ethyl adjacent to an activating group) is 1. The number of allylic oxidation sites excluding steroid dienone is 2. The van der Waals surface area contributed by atoms with Gasteiger partial charge in [0, 0.05) is 107 Å². The number of carboxylic acids is 2. The van der Waals surface area contributed by atoms with Gasteiger partial charge in [0.15, 0.2) is 10.3 Å². The minimum atomic E-state index is -3.87. The fourth-order valence-corrected chi connectivity index (χ4v) is 21.7. The van der Waals surface area contributed by atoms with Gasteiger partial charge in [-0.2, -0.15) is 4.31 Å². The maximum atomic E-state index is 15.0. The predicted octanol–water partition coefficient (Wildman–Crippen LogP) is 13.0. The van der Waals surface area contributed by atoms with Crippen molar-refractivity contribution >= 4 is 123 Å². The summed E-state index contributed by atoms with van der Waals surface area (Å²) >= 11 is 2.89. The number of sulfonamides is 2. The van der Waals surface area contributed by atoms with Crippen LogP contribution in [0, 0.1) is 22.7 Å². The van der Waals surface area contributed by atoms with E-state index < -0.39 is 155 Å². The number of methoxy groups -OCH3 is 2. The highest BCUT2D eigenvalue weighted by Crippen LogP contribution is 2.48. The Bertz CT molecular complexity index is 5730. The van der Waals surface area contributed by atoms with E-state index in [1.807, 2.05) is 116 Å². The zero-order chi connectivity index (χ0) is 95.3. The van der Waals surface area contributed by atoms with Crippen LogP contribution in [0.5, 0.6) is 23.0 Å². The molecule has 7 aromatic rings. The van der Waals surface area contributed by atoms with Gasteiger partial charge in [0.2, 0.25) is 43.7 Å². The van der Waals surface area contributed by atoms with Crippen LogP contribution in [0.15, 0.2) is 113 Å². The monoisotopic (exact) mass is 1900 g/mol. The van der Waals surface area contributed by atoms with E-state index in [-0.39, 0.29) is 88.2 Å². The summed E-state index contributed by atoms with van der Waals surface area (Å²) in [7, 11) is -2.98. The van der Waals surface area contributed by atoms with Gasteiger partial charge in [0.1, 0.15) is 94.0 Å². The fourth-order valence-electron chi connectivity index (χ4n) is 17.3. The Morgan fingerprint density at radius 2 is 1.05 bits per heavy atom. The van der Waals surface area contributed by atoms with Crippen LogP contribution in [0.1, 0.15) is 179 Å². The molecule has 38 heteroatoms. The SMILES string of the molecule is COc1ccc2c(O[C@@H]3C[C@H]4C(=O)N[C@]5(C(=O)O)CC5/C=C\CCCCC[C@H](NC(=O)O[C@H](CN(C)S(=O)(=O)C(C)C)C(C)(C)C)C(=O)N4C3)cc(-c3csc(NC(C)C)n3)nc2c1.COc1ccc2c(O[C@@H]3C[C@H]4C(=O)N[C@]5(C(=O)O)CC5/C=C\CCCCC[C@H](NC(=O)O[C@H](CN5CCc6ccccc6S5(=O)=O)C(C)(C)C)C(=O)N4C3)cc(-c3csc(NC(C)C)n3)nc2c1. The number of carbonyl (C=O) groups is 8. The molecular weight excluding hydrogens is 1770 g/mol. The number of carboxylic acid groups (broad SMARTS) is 2. The quantitative estimate of drug-likeness (QED) is 0.0260. The molecule has 714 valence electrons. The Balaban J connectivity index is 0.000000225. The molecule has 2 saturated carbocycles. The van der Waals surface area contributed by atoms with E-state index in [9.17, 15) is 60.6 Å². The third-order valence-electron chi connectivity index (χ3n) is 25.2. The second-order valence-corrected chi connectivity index (χ2v) is 44.4. The minimum absolute atomic E-state index is 0.0128. The number of ether oxygens (including phenoxy) is 6.